The van der Waals surface area contributed by atoms with Gasteiger partial charge in [0.1, 0.15) is 33.8 Å². The van der Waals surface area contributed by atoms with E-state index in [-0.39, 0.29) is 11.5 Å². The first kappa shape index (κ1) is 45.1. The van der Waals surface area contributed by atoms with Crippen LogP contribution in [-0.2, 0) is 37.6 Å². The molecular formula is C27H51N3O10S3. The average molecular weight is 674 g/mol. The summed E-state index contributed by atoms with van der Waals surface area (Å²) in [5, 5.41) is 4.99. The highest BCUT2D eigenvalue weighted by Crippen LogP contribution is 2.30. The summed E-state index contributed by atoms with van der Waals surface area (Å²) in [7, 11) is 1.14. The van der Waals surface area contributed by atoms with Crippen molar-refractivity contribution in [3.8, 4) is 0 Å². The van der Waals surface area contributed by atoms with Crippen molar-refractivity contribution in [2.24, 2.45) is 0 Å². The highest BCUT2D eigenvalue weighted by molar-refractivity contribution is 8.05. The number of methoxy groups -OCH3 is 1. The Kier molecular flexibility index (Phi) is 24.2. The lowest BCUT2D eigenvalue weighted by atomic mass is 10.2. The zero-order valence-electron chi connectivity index (χ0n) is 27.6. The van der Waals surface area contributed by atoms with Crippen LogP contribution in [0.15, 0.2) is 0 Å². The van der Waals surface area contributed by atoms with Crippen molar-refractivity contribution in [1.82, 2.24) is 16.0 Å². The molecule has 1 saturated heterocycles. The zero-order valence-corrected chi connectivity index (χ0v) is 30.1. The summed E-state index contributed by atoms with van der Waals surface area (Å²) in [6.07, 6.45) is -1.74. The van der Waals surface area contributed by atoms with Gasteiger partial charge >= 0.3 is 24.1 Å². The molecule has 0 unspecified atom stereocenters. The molecule has 0 aliphatic carbocycles. The minimum atomic E-state index is -1.23. The number of alkyl carbamates (subject to hydrolysis) is 2. The minimum absolute atomic E-state index is 0.118. The molecule has 4 atom stereocenters. The van der Waals surface area contributed by atoms with Crippen LogP contribution >= 0.6 is 36.4 Å². The fraction of sp³-hybridized carbons (Fsp3) is 0.778. The van der Waals surface area contributed by atoms with Crippen LogP contribution in [-0.4, -0.2) is 88.3 Å². The molecule has 0 spiro atoms. The second-order valence-corrected chi connectivity index (χ2v) is 12.2. The van der Waals surface area contributed by atoms with Gasteiger partial charge < -0.3 is 29.0 Å². The number of thioether (sulfide) groups is 2. The fourth-order valence-electron chi connectivity index (χ4n) is 2.71. The first-order valence-corrected chi connectivity index (χ1v) is 16.4. The topological polar surface area (TPSA) is 175 Å². The number of carbonyl (C=O) groups excluding carboxylic acids is 6. The number of imide groups is 1. The summed E-state index contributed by atoms with van der Waals surface area (Å²) in [5.41, 5.74) is -1.63. The molecular weight excluding hydrogens is 623 g/mol. The Morgan fingerprint density at radius 3 is 1.35 bits per heavy atom. The van der Waals surface area contributed by atoms with Crippen LogP contribution in [0.1, 0.15) is 83.1 Å². The van der Waals surface area contributed by atoms with E-state index < -0.39 is 69.7 Å². The number of nitrogens with one attached hydrogen (secondary N) is 3. The van der Waals surface area contributed by atoms with Gasteiger partial charge in [-0.1, -0.05) is 41.5 Å². The Morgan fingerprint density at radius 1 is 0.744 bits per heavy atom. The molecule has 0 bridgehead atoms. The van der Waals surface area contributed by atoms with Crippen LogP contribution in [0.5, 0.6) is 0 Å². The van der Waals surface area contributed by atoms with E-state index in [4.69, 9.17) is 14.2 Å². The van der Waals surface area contributed by atoms with Gasteiger partial charge in [-0.2, -0.15) is 0 Å². The molecule has 1 rings (SSSR count). The van der Waals surface area contributed by atoms with Crippen LogP contribution in [0, 0.1) is 0 Å². The first-order valence-electron chi connectivity index (χ1n) is 14.0. The van der Waals surface area contributed by atoms with Crippen molar-refractivity contribution in [2.75, 3.05) is 18.6 Å². The molecule has 0 radical (unpaired) electrons. The number of rotatable bonds is 10. The quantitative estimate of drug-likeness (QED) is 0.0853. The van der Waals surface area contributed by atoms with Crippen molar-refractivity contribution >= 4 is 72.4 Å². The standard InChI is InChI=1S/C21H33N3O10S3.3C2H6/c1-20(2,3)32-18(29)22-10(16(27)31-7)8-36-12-13(15(26)24-14(12)25)37-9-11(17(28)34-35)23-19(30)33-21(4,5)6;3*1-2/h10-13,35H,8-9H2,1-7H3,(H,22,29)(H,23,30)(H,24,25,26);3*1-2H3/t10-,11-,12-,13+;;;/m0.../s1. The third-order valence-corrected chi connectivity index (χ3v) is 7.26. The molecule has 4 amide bonds. The maximum absolute atomic E-state index is 12.4. The molecule has 0 aromatic heterocycles. The van der Waals surface area contributed by atoms with E-state index >= 15 is 0 Å². The lowest BCUT2D eigenvalue weighted by molar-refractivity contribution is -0.142. The van der Waals surface area contributed by atoms with Gasteiger partial charge in [-0.3, -0.25) is 14.9 Å². The Bertz CT molecular complexity index is 822. The Labute approximate surface area is 270 Å². The first-order chi connectivity index (χ1) is 20.0. The highest BCUT2D eigenvalue weighted by atomic mass is 32.2. The van der Waals surface area contributed by atoms with Gasteiger partial charge in [0, 0.05) is 24.4 Å². The van der Waals surface area contributed by atoms with Gasteiger partial charge in [-0.15, -0.1) is 23.5 Å². The van der Waals surface area contributed by atoms with Gasteiger partial charge in [0.15, 0.2) is 0 Å². The van der Waals surface area contributed by atoms with Crippen molar-refractivity contribution in [3.63, 3.8) is 0 Å². The van der Waals surface area contributed by atoms with E-state index in [0.29, 0.717) is 0 Å². The molecule has 3 N–H and O–H groups in total. The fourth-order valence-corrected chi connectivity index (χ4v) is 5.56. The minimum Gasteiger partial charge on any atom is -0.467 e. The summed E-state index contributed by atoms with van der Waals surface area (Å²) >= 11 is 5.33. The van der Waals surface area contributed by atoms with Crippen LogP contribution in [0.3, 0.4) is 0 Å². The lowest BCUT2D eigenvalue weighted by Gasteiger charge is -2.24. The number of amides is 4. The van der Waals surface area contributed by atoms with Crippen molar-refractivity contribution < 1.29 is 47.2 Å². The van der Waals surface area contributed by atoms with Gasteiger partial charge in [-0.25, -0.2) is 19.2 Å². The van der Waals surface area contributed by atoms with Crippen LogP contribution in [0.25, 0.3) is 0 Å². The highest BCUT2D eigenvalue weighted by Gasteiger charge is 2.44. The average Bonchev–Trinajstić information content (AvgIpc) is 3.20. The summed E-state index contributed by atoms with van der Waals surface area (Å²) in [6, 6.07) is -2.40. The summed E-state index contributed by atoms with van der Waals surface area (Å²) < 4.78 is 19.4. The lowest BCUT2D eigenvalue weighted by Crippen LogP contribution is -2.46. The van der Waals surface area contributed by atoms with E-state index in [2.05, 4.69) is 33.0 Å². The Hall–Kier alpha value is -2.33. The molecule has 43 heavy (non-hydrogen) atoms. The maximum Gasteiger partial charge on any atom is 0.408 e. The SMILES string of the molecule is CC.CC.CC.COC(=O)[C@H](CS[C@@H]1C(=O)NC(=O)[C@@H]1SC[C@H](NC(=O)OC(C)(C)C)C(=O)OS)NC(=O)OC(C)(C)C. The predicted molar refractivity (Wildman–Crippen MR) is 173 cm³/mol. The summed E-state index contributed by atoms with van der Waals surface area (Å²) in [4.78, 5) is 73.4. The second-order valence-electron chi connectivity index (χ2n) is 9.69. The molecule has 0 aromatic rings. The molecule has 0 aromatic carbocycles. The smallest absolute Gasteiger partial charge is 0.408 e. The van der Waals surface area contributed by atoms with Crippen molar-refractivity contribution in [1.29, 1.82) is 0 Å². The van der Waals surface area contributed by atoms with E-state index in [1.54, 1.807) is 41.5 Å². The van der Waals surface area contributed by atoms with E-state index in [9.17, 15) is 28.8 Å². The molecule has 1 heterocycles. The zero-order chi connectivity index (χ0) is 34.6. The summed E-state index contributed by atoms with van der Waals surface area (Å²) in [6.45, 7) is 21.9. The van der Waals surface area contributed by atoms with E-state index in [1.165, 1.54) is 0 Å². The number of esters is 1. The molecule has 13 nitrogen and oxygen atoms in total. The predicted octanol–water partition coefficient (Wildman–Crippen LogP) is 4.27. The summed E-state index contributed by atoms with van der Waals surface area (Å²) in [5.74, 6) is -3.17. The number of thiol groups is 1. The molecule has 252 valence electrons. The second kappa shape index (κ2) is 23.1. The number of hydrogen-bond acceptors (Lipinski definition) is 13. The van der Waals surface area contributed by atoms with Crippen LogP contribution in [0.4, 0.5) is 9.59 Å². The van der Waals surface area contributed by atoms with Gasteiger partial charge in [-0.05, 0) is 41.5 Å². The number of hydrogen-bond donors (Lipinski definition) is 4. The van der Waals surface area contributed by atoms with Crippen molar-refractivity contribution in [2.45, 2.75) is 117 Å². The van der Waals surface area contributed by atoms with E-state index in [1.807, 2.05) is 41.5 Å². The normalized spacial score (nSPS) is 17.0. The molecule has 1 fully saturated rings. The Balaban J connectivity index is -0.00000250. The van der Waals surface area contributed by atoms with Crippen molar-refractivity contribution in [3.05, 3.63) is 0 Å². The molecule has 1 aliphatic rings. The van der Waals surface area contributed by atoms with E-state index in [0.717, 1.165) is 30.6 Å². The third-order valence-electron chi connectivity index (χ3n) is 4.17. The third kappa shape index (κ3) is 19.5. The largest absolute Gasteiger partial charge is 0.467 e. The molecule has 1 aliphatic heterocycles. The number of ether oxygens (including phenoxy) is 3. The van der Waals surface area contributed by atoms with Gasteiger partial charge in [0.25, 0.3) is 0 Å². The Morgan fingerprint density at radius 2 is 1.07 bits per heavy atom. The van der Waals surface area contributed by atoms with Crippen LogP contribution < -0.4 is 16.0 Å². The monoisotopic (exact) mass is 673 g/mol. The molecule has 16 heteroatoms. The van der Waals surface area contributed by atoms with Crippen LogP contribution in [0.2, 0.25) is 0 Å². The maximum atomic E-state index is 12.4. The van der Waals surface area contributed by atoms with Gasteiger partial charge in [0.05, 0.1) is 7.11 Å². The number of carbonyl (C=O) groups is 6. The van der Waals surface area contributed by atoms with Gasteiger partial charge in [0.2, 0.25) is 11.8 Å². The molecule has 0 saturated carbocycles.